The molecule has 156 valence electrons. The van der Waals surface area contributed by atoms with Gasteiger partial charge in [0.2, 0.25) is 0 Å². The minimum Gasteiger partial charge on any atom is -0.481 e. The molecule has 1 amide bonds. The molecule has 10 heteroatoms. The second-order valence-electron chi connectivity index (χ2n) is 6.43. The van der Waals surface area contributed by atoms with E-state index in [-0.39, 0.29) is 16.5 Å². The average molecular weight is 459 g/mol. The first-order valence-electron chi connectivity index (χ1n) is 8.87. The second kappa shape index (κ2) is 9.21. The molecule has 1 aliphatic rings. The van der Waals surface area contributed by atoms with Crippen molar-refractivity contribution < 1.29 is 22.7 Å². The molecule has 0 aromatic heterocycles. The summed E-state index contributed by atoms with van der Waals surface area (Å²) < 4.78 is 38.5. The van der Waals surface area contributed by atoms with Gasteiger partial charge < -0.3 is 14.4 Å². The predicted molar refractivity (Wildman–Crippen MR) is 111 cm³/mol. The van der Waals surface area contributed by atoms with Gasteiger partial charge >= 0.3 is 0 Å². The minimum atomic E-state index is -3.84. The van der Waals surface area contributed by atoms with Gasteiger partial charge in [-0.05, 0) is 49.4 Å². The van der Waals surface area contributed by atoms with Crippen molar-refractivity contribution in [2.75, 3.05) is 31.0 Å². The molecule has 1 aliphatic heterocycles. The van der Waals surface area contributed by atoms with Crippen molar-refractivity contribution in [2.24, 2.45) is 0 Å². The van der Waals surface area contributed by atoms with Crippen LogP contribution in [-0.4, -0.2) is 51.6 Å². The smallest absolute Gasteiger partial charge is 0.263 e. The number of hydrogen-bond acceptors (Lipinski definition) is 5. The van der Waals surface area contributed by atoms with E-state index in [9.17, 15) is 13.2 Å². The molecule has 0 aliphatic carbocycles. The molecule has 1 saturated heterocycles. The number of amides is 1. The van der Waals surface area contributed by atoms with Crippen molar-refractivity contribution in [3.63, 3.8) is 0 Å². The van der Waals surface area contributed by atoms with Crippen LogP contribution in [-0.2, 0) is 19.6 Å². The Hall–Kier alpha value is -2.00. The third-order valence-electron chi connectivity index (χ3n) is 4.23. The summed E-state index contributed by atoms with van der Waals surface area (Å²) in [7, 11) is -3.84. The topological polar surface area (TPSA) is 84.9 Å². The summed E-state index contributed by atoms with van der Waals surface area (Å²) in [6.45, 7) is 3.74. The number of nitrogens with zero attached hydrogens (tertiary/aromatic N) is 1. The zero-order valence-electron chi connectivity index (χ0n) is 15.6. The van der Waals surface area contributed by atoms with Crippen LogP contribution < -0.4 is 9.46 Å². The molecule has 0 radical (unpaired) electrons. The number of carbonyl (C=O) groups is 1. The summed E-state index contributed by atoms with van der Waals surface area (Å²) in [6, 6.07) is 10.2. The molecule has 1 heterocycles. The number of hydrogen-bond donors (Lipinski definition) is 1. The maximum Gasteiger partial charge on any atom is 0.263 e. The number of ether oxygens (including phenoxy) is 2. The largest absolute Gasteiger partial charge is 0.481 e. The Kier molecular flexibility index (Phi) is 6.89. The lowest BCUT2D eigenvalue weighted by molar-refractivity contribution is -0.142. The zero-order chi connectivity index (χ0) is 21.0. The number of benzene rings is 2. The van der Waals surface area contributed by atoms with E-state index in [4.69, 9.17) is 32.7 Å². The second-order valence-corrected chi connectivity index (χ2v) is 8.99. The normalized spacial score (nSPS) is 15.6. The van der Waals surface area contributed by atoms with Crippen LogP contribution in [0.15, 0.2) is 47.4 Å². The molecule has 0 bridgehead atoms. The van der Waals surface area contributed by atoms with Crippen molar-refractivity contribution in [3.05, 3.63) is 52.5 Å². The molecule has 0 spiro atoms. The Morgan fingerprint density at radius 1 is 1.10 bits per heavy atom. The van der Waals surface area contributed by atoms with Crippen molar-refractivity contribution >= 4 is 44.8 Å². The molecule has 1 fully saturated rings. The Labute approximate surface area is 179 Å². The van der Waals surface area contributed by atoms with Gasteiger partial charge in [0.15, 0.2) is 6.10 Å². The van der Waals surface area contributed by atoms with Crippen LogP contribution in [0.1, 0.15) is 6.92 Å². The van der Waals surface area contributed by atoms with E-state index in [0.717, 1.165) is 0 Å². The Balaban J connectivity index is 1.66. The third kappa shape index (κ3) is 5.76. The van der Waals surface area contributed by atoms with E-state index in [1.807, 2.05) is 0 Å². The molecular formula is C19H20Cl2N2O5S. The summed E-state index contributed by atoms with van der Waals surface area (Å²) in [6.07, 6.45) is -0.692. The highest BCUT2D eigenvalue weighted by molar-refractivity contribution is 7.92. The highest BCUT2D eigenvalue weighted by atomic mass is 35.5. The minimum absolute atomic E-state index is 0.0353. The molecule has 7 nitrogen and oxygen atoms in total. The van der Waals surface area contributed by atoms with E-state index in [2.05, 4.69) is 4.72 Å². The summed E-state index contributed by atoms with van der Waals surface area (Å²) >= 11 is 11.8. The third-order valence-corrected chi connectivity index (χ3v) is 6.07. The summed E-state index contributed by atoms with van der Waals surface area (Å²) in [5.74, 6) is 0.258. The SMILES string of the molecule is C[C@H](Oc1ccc(S(=O)(=O)Nc2cc(Cl)cc(Cl)c2)cc1)C(=O)N1CCOCC1. The van der Waals surface area contributed by atoms with Gasteiger partial charge in [0.1, 0.15) is 5.75 Å². The molecule has 3 rings (SSSR count). The molecule has 1 N–H and O–H groups in total. The quantitative estimate of drug-likeness (QED) is 0.716. The Morgan fingerprint density at radius 2 is 1.69 bits per heavy atom. The fourth-order valence-corrected chi connectivity index (χ4v) is 4.39. The van der Waals surface area contributed by atoms with Gasteiger partial charge in [-0.15, -0.1) is 0 Å². The summed E-state index contributed by atoms with van der Waals surface area (Å²) in [4.78, 5) is 14.1. The van der Waals surface area contributed by atoms with Crippen LogP contribution in [0.4, 0.5) is 5.69 Å². The van der Waals surface area contributed by atoms with Crippen molar-refractivity contribution in [2.45, 2.75) is 17.9 Å². The standard InChI is InChI=1S/C19H20Cl2N2O5S/c1-13(19(24)23-6-8-27-9-7-23)28-17-2-4-18(5-3-17)29(25,26)22-16-11-14(20)10-15(21)12-16/h2-5,10-13,22H,6-9H2,1H3/t13-/m0/s1. The van der Waals surface area contributed by atoms with Crippen molar-refractivity contribution in [1.82, 2.24) is 4.90 Å². The van der Waals surface area contributed by atoms with Gasteiger partial charge in [-0.1, -0.05) is 23.2 Å². The fraction of sp³-hybridized carbons (Fsp3) is 0.316. The molecule has 1 atom stereocenters. The Morgan fingerprint density at radius 3 is 2.28 bits per heavy atom. The summed E-state index contributed by atoms with van der Waals surface area (Å²) in [5, 5.41) is 0.635. The van der Waals surface area contributed by atoms with Gasteiger partial charge in [-0.25, -0.2) is 8.42 Å². The van der Waals surface area contributed by atoms with E-state index in [1.54, 1.807) is 11.8 Å². The van der Waals surface area contributed by atoms with Crippen molar-refractivity contribution in [3.8, 4) is 5.75 Å². The first kappa shape index (κ1) is 21.7. The van der Waals surface area contributed by atoms with Gasteiger partial charge in [-0.2, -0.15) is 0 Å². The molecule has 2 aromatic rings. The lowest BCUT2D eigenvalue weighted by Gasteiger charge is -2.29. The van der Waals surface area contributed by atoms with Crippen LogP contribution in [0.3, 0.4) is 0 Å². The van der Waals surface area contributed by atoms with E-state index >= 15 is 0 Å². The number of morpholine rings is 1. The fourth-order valence-electron chi connectivity index (χ4n) is 2.82. The van der Waals surface area contributed by atoms with Crippen LogP contribution in [0.2, 0.25) is 10.0 Å². The number of rotatable bonds is 6. The number of sulfonamides is 1. The lowest BCUT2D eigenvalue weighted by atomic mass is 10.3. The zero-order valence-corrected chi connectivity index (χ0v) is 17.9. The maximum absolute atomic E-state index is 12.6. The average Bonchev–Trinajstić information content (AvgIpc) is 2.67. The van der Waals surface area contributed by atoms with Gasteiger partial charge in [0.25, 0.3) is 15.9 Å². The van der Waals surface area contributed by atoms with E-state index < -0.39 is 16.1 Å². The van der Waals surface area contributed by atoms with E-state index in [1.165, 1.54) is 42.5 Å². The van der Waals surface area contributed by atoms with Gasteiger partial charge in [0.05, 0.1) is 23.8 Å². The van der Waals surface area contributed by atoms with Crippen molar-refractivity contribution in [1.29, 1.82) is 0 Å². The number of anilines is 1. The summed E-state index contributed by atoms with van der Waals surface area (Å²) in [5.41, 5.74) is 0.257. The van der Waals surface area contributed by atoms with Crippen LogP contribution in [0.25, 0.3) is 0 Å². The Bertz CT molecular complexity index is 956. The van der Waals surface area contributed by atoms with E-state index in [0.29, 0.717) is 42.1 Å². The maximum atomic E-state index is 12.6. The number of nitrogens with one attached hydrogen (secondary N) is 1. The number of halogens is 2. The van der Waals surface area contributed by atoms with Gasteiger partial charge in [0, 0.05) is 23.1 Å². The molecular weight excluding hydrogens is 439 g/mol. The first-order chi connectivity index (χ1) is 13.7. The van der Waals surface area contributed by atoms with Crippen LogP contribution >= 0.6 is 23.2 Å². The molecule has 29 heavy (non-hydrogen) atoms. The first-order valence-corrected chi connectivity index (χ1v) is 11.1. The van der Waals surface area contributed by atoms with Crippen LogP contribution in [0, 0.1) is 0 Å². The predicted octanol–water partition coefficient (Wildman–Crippen LogP) is 3.42. The van der Waals surface area contributed by atoms with Gasteiger partial charge in [-0.3, -0.25) is 9.52 Å². The monoisotopic (exact) mass is 458 g/mol. The highest BCUT2D eigenvalue weighted by Gasteiger charge is 2.24. The van der Waals surface area contributed by atoms with Crippen LogP contribution in [0.5, 0.6) is 5.75 Å². The highest BCUT2D eigenvalue weighted by Crippen LogP contribution is 2.25. The number of carbonyl (C=O) groups excluding carboxylic acids is 1. The molecule has 0 unspecified atom stereocenters. The molecule has 2 aromatic carbocycles. The molecule has 0 saturated carbocycles. The lowest BCUT2D eigenvalue weighted by Crippen LogP contribution is -2.46.